The fourth-order valence-corrected chi connectivity index (χ4v) is 7.84. The van der Waals surface area contributed by atoms with Crippen LogP contribution < -0.4 is 0 Å². The summed E-state index contributed by atoms with van der Waals surface area (Å²) in [5.41, 5.74) is 0. The van der Waals surface area contributed by atoms with Crippen LogP contribution in [-0.2, 0) is 32.7 Å². The van der Waals surface area contributed by atoms with Crippen LogP contribution in [0, 0.1) is 0 Å². The summed E-state index contributed by atoms with van der Waals surface area (Å²) in [6, 6.07) is 0. The maximum absolute atomic E-state index is 12.6. The Bertz CT molecular complexity index is 920. The number of aliphatic hydroxyl groups is 2. The van der Waals surface area contributed by atoms with Gasteiger partial charge in [-0.2, -0.15) is 0 Å². The van der Waals surface area contributed by atoms with Crippen molar-refractivity contribution in [1.29, 1.82) is 0 Å². The van der Waals surface area contributed by atoms with E-state index in [1.54, 1.807) is 0 Å². The van der Waals surface area contributed by atoms with Crippen molar-refractivity contribution in [3.8, 4) is 0 Å². The van der Waals surface area contributed by atoms with E-state index in [9.17, 15) is 24.2 Å². The minimum atomic E-state index is -4.61. The van der Waals surface area contributed by atoms with Crippen molar-refractivity contribution in [1.82, 2.24) is 0 Å². The van der Waals surface area contributed by atoms with Gasteiger partial charge in [0.05, 0.1) is 19.8 Å². The molecule has 0 aliphatic carbocycles. The van der Waals surface area contributed by atoms with Gasteiger partial charge in [-0.05, 0) is 12.8 Å². The van der Waals surface area contributed by atoms with Crippen molar-refractivity contribution in [2.45, 2.75) is 257 Å². The second-order valence-corrected chi connectivity index (χ2v) is 18.0. The highest BCUT2D eigenvalue weighted by molar-refractivity contribution is 7.47. The lowest BCUT2D eigenvalue weighted by Gasteiger charge is -2.20. The SMILES string of the molecule is CCCCCCCCCCCCCCCCCCCCC(=O)OC(COC(=O)CCCCCCCCCCCCCCCCCC)COP(=O)(O)OCC(O)CO. The van der Waals surface area contributed by atoms with Crippen molar-refractivity contribution in [2.24, 2.45) is 0 Å². The topological polar surface area (TPSA) is 149 Å². The number of hydrogen-bond donors (Lipinski definition) is 3. The summed E-state index contributed by atoms with van der Waals surface area (Å²) in [6.07, 6.45) is 40.6. The highest BCUT2D eigenvalue weighted by Crippen LogP contribution is 2.43. The van der Waals surface area contributed by atoms with Crippen LogP contribution in [-0.4, -0.2) is 65.7 Å². The van der Waals surface area contributed by atoms with E-state index in [1.165, 1.54) is 173 Å². The molecule has 0 radical (unpaired) electrons. The Balaban J connectivity index is 4.18. The van der Waals surface area contributed by atoms with Gasteiger partial charge in [-0.15, -0.1) is 0 Å². The number of aliphatic hydroxyl groups excluding tert-OH is 2. The van der Waals surface area contributed by atoms with Gasteiger partial charge in [0.15, 0.2) is 6.10 Å². The van der Waals surface area contributed by atoms with E-state index >= 15 is 0 Å². The fourth-order valence-electron chi connectivity index (χ4n) is 7.05. The molecule has 0 aliphatic rings. The molecule has 0 saturated heterocycles. The van der Waals surface area contributed by atoms with Gasteiger partial charge in [-0.25, -0.2) is 4.57 Å². The second-order valence-electron chi connectivity index (χ2n) is 16.5. The molecule has 0 fully saturated rings. The zero-order chi connectivity index (χ0) is 41.9. The van der Waals surface area contributed by atoms with Crippen molar-refractivity contribution in [3.05, 3.63) is 0 Å². The number of ether oxygens (including phenoxy) is 2. The van der Waals surface area contributed by atoms with Crippen LogP contribution in [0.1, 0.15) is 245 Å². The average Bonchev–Trinajstić information content (AvgIpc) is 3.20. The molecule has 0 bridgehead atoms. The predicted octanol–water partition coefficient (Wildman–Crippen LogP) is 13.0. The van der Waals surface area contributed by atoms with Gasteiger partial charge in [0, 0.05) is 12.8 Å². The number of hydrogen-bond acceptors (Lipinski definition) is 9. The smallest absolute Gasteiger partial charge is 0.462 e. The first-order valence-corrected chi connectivity index (χ1v) is 25.5. The van der Waals surface area contributed by atoms with E-state index in [4.69, 9.17) is 23.6 Å². The third-order valence-corrected chi connectivity index (χ3v) is 11.7. The van der Waals surface area contributed by atoms with Crippen molar-refractivity contribution in [3.63, 3.8) is 0 Å². The first kappa shape index (κ1) is 56.0. The lowest BCUT2D eigenvalue weighted by Crippen LogP contribution is -2.29. The van der Waals surface area contributed by atoms with Crippen molar-refractivity contribution >= 4 is 19.8 Å². The van der Waals surface area contributed by atoms with E-state index < -0.39 is 51.8 Å². The molecule has 0 aromatic rings. The second kappa shape index (κ2) is 43.1. The first-order valence-electron chi connectivity index (χ1n) is 24.0. The summed E-state index contributed by atoms with van der Waals surface area (Å²) >= 11 is 0. The minimum Gasteiger partial charge on any atom is -0.462 e. The average molecular weight is 835 g/mol. The van der Waals surface area contributed by atoms with E-state index in [2.05, 4.69) is 13.8 Å². The number of phosphoric acid groups is 1. The predicted molar refractivity (Wildman–Crippen MR) is 233 cm³/mol. The minimum absolute atomic E-state index is 0.193. The fraction of sp³-hybridized carbons (Fsp3) is 0.957. The Hall–Kier alpha value is -1.03. The summed E-state index contributed by atoms with van der Waals surface area (Å²) in [4.78, 5) is 35.1. The molecular formula is C46H91O10P. The van der Waals surface area contributed by atoms with Crippen LogP contribution in [0.5, 0.6) is 0 Å². The third-order valence-electron chi connectivity index (χ3n) is 10.8. The summed E-state index contributed by atoms with van der Waals surface area (Å²) in [5, 5.41) is 18.4. The van der Waals surface area contributed by atoms with E-state index in [0.717, 1.165) is 32.1 Å². The molecule has 0 aromatic heterocycles. The Kier molecular flexibility index (Phi) is 42.3. The molecule has 0 aromatic carbocycles. The number of carbonyl (C=O) groups is 2. The molecule has 340 valence electrons. The molecule has 3 N–H and O–H groups in total. The molecule has 0 saturated carbocycles. The monoisotopic (exact) mass is 835 g/mol. The molecule has 10 nitrogen and oxygen atoms in total. The number of phosphoric ester groups is 1. The highest BCUT2D eigenvalue weighted by Gasteiger charge is 2.27. The first-order chi connectivity index (χ1) is 27.7. The lowest BCUT2D eigenvalue weighted by molar-refractivity contribution is -0.161. The largest absolute Gasteiger partial charge is 0.472 e. The zero-order valence-corrected chi connectivity index (χ0v) is 38.0. The number of unbranched alkanes of at least 4 members (excludes halogenated alkanes) is 32. The molecule has 0 aliphatic heterocycles. The molecule has 0 amide bonds. The molecule has 57 heavy (non-hydrogen) atoms. The molecule has 0 heterocycles. The van der Waals surface area contributed by atoms with Crippen LogP contribution in [0.25, 0.3) is 0 Å². The summed E-state index contributed by atoms with van der Waals surface area (Å²) in [5.74, 6) is -0.905. The summed E-state index contributed by atoms with van der Waals surface area (Å²) < 4.78 is 32.8. The maximum atomic E-state index is 12.6. The quantitative estimate of drug-likeness (QED) is 0.0307. The van der Waals surface area contributed by atoms with E-state index in [1.807, 2.05) is 0 Å². The normalized spacial score (nSPS) is 13.7. The van der Waals surface area contributed by atoms with Crippen LogP contribution in [0.3, 0.4) is 0 Å². The lowest BCUT2D eigenvalue weighted by atomic mass is 10.0. The molecular weight excluding hydrogens is 743 g/mol. The molecule has 0 rings (SSSR count). The molecule has 11 heteroatoms. The van der Waals surface area contributed by atoms with Gasteiger partial charge >= 0.3 is 19.8 Å². The van der Waals surface area contributed by atoms with Gasteiger partial charge in [0.25, 0.3) is 0 Å². The Morgan fingerprint density at radius 3 is 1.09 bits per heavy atom. The molecule has 0 spiro atoms. The standard InChI is InChI=1S/C46H91O10P/c1-3-5-7-9-11-13-15-17-19-21-22-24-26-28-30-32-34-36-38-46(50)56-44(42-55-57(51,52)54-40-43(48)39-47)41-53-45(49)37-35-33-31-29-27-25-23-20-18-16-14-12-10-8-6-4-2/h43-44,47-48H,3-42H2,1-2H3,(H,51,52). The van der Waals surface area contributed by atoms with Gasteiger partial charge in [0.1, 0.15) is 12.7 Å². The zero-order valence-electron chi connectivity index (χ0n) is 37.1. The van der Waals surface area contributed by atoms with E-state index in [-0.39, 0.29) is 19.4 Å². The van der Waals surface area contributed by atoms with Crippen LogP contribution >= 0.6 is 7.82 Å². The Morgan fingerprint density at radius 1 is 0.456 bits per heavy atom. The van der Waals surface area contributed by atoms with Gasteiger partial charge < -0.3 is 24.6 Å². The maximum Gasteiger partial charge on any atom is 0.472 e. The van der Waals surface area contributed by atoms with Crippen LogP contribution in [0.15, 0.2) is 0 Å². The van der Waals surface area contributed by atoms with Crippen LogP contribution in [0.4, 0.5) is 0 Å². The summed E-state index contributed by atoms with van der Waals surface area (Å²) in [7, 11) is -4.61. The van der Waals surface area contributed by atoms with Gasteiger partial charge in [-0.3, -0.25) is 18.6 Å². The number of esters is 2. The van der Waals surface area contributed by atoms with Gasteiger partial charge in [-0.1, -0.05) is 219 Å². The summed E-state index contributed by atoms with van der Waals surface area (Å²) in [6.45, 7) is 2.44. The van der Waals surface area contributed by atoms with Gasteiger partial charge in [0.2, 0.25) is 0 Å². The Labute approximate surface area is 350 Å². The van der Waals surface area contributed by atoms with E-state index in [0.29, 0.717) is 12.8 Å². The molecule has 3 atom stereocenters. The molecule has 3 unspecified atom stereocenters. The van der Waals surface area contributed by atoms with Crippen molar-refractivity contribution < 1.29 is 47.8 Å². The Morgan fingerprint density at radius 2 is 0.754 bits per heavy atom. The van der Waals surface area contributed by atoms with Crippen LogP contribution in [0.2, 0.25) is 0 Å². The third kappa shape index (κ3) is 42.9. The highest BCUT2D eigenvalue weighted by atomic mass is 31.2. The number of carbonyl (C=O) groups excluding carboxylic acids is 2. The number of rotatable bonds is 46. The van der Waals surface area contributed by atoms with Crippen molar-refractivity contribution in [2.75, 3.05) is 26.4 Å².